The van der Waals surface area contributed by atoms with Crippen LogP contribution in [0, 0.1) is 17.8 Å². The lowest BCUT2D eigenvalue weighted by Gasteiger charge is -2.19. The summed E-state index contributed by atoms with van der Waals surface area (Å²) in [6.07, 6.45) is 6.28. The quantitative estimate of drug-likeness (QED) is 0.240. The number of anilines is 1. The van der Waals surface area contributed by atoms with Gasteiger partial charge < -0.3 is 14.1 Å². The first-order chi connectivity index (χ1) is 16.7. The zero-order chi connectivity index (χ0) is 22.9. The highest BCUT2D eigenvalue weighted by atomic mass is 32.1. The van der Waals surface area contributed by atoms with E-state index in [4.69, 9.17) is 9.15 Å². The van der Waals surface area contributed by atoms with E-state index in [0.29, 0.717) is 6.61 Å². The molecule has 0 atom stereocenters. The minimum absolute atomic E-state index is 0.484. The molecule has 0 spiro atoms. The van der Waals surface area contributed by atoms with Crippen LogP contribution in [0.4, 0.5) is 5.69 Å². The van der Waals surface area contributed by atoms with E-state index in [2.05, 4.69) is 74.7 Å². The molecule has 1 N–H and O–H groups in total. The van der Waals surface area contributed by atoms with Gasteiger partial charge in [0.15, 0.2) is 5.58 Å². The Morgan fingerprint density at radius 3 is 3.06 bits per heavy atom. The maximum atomic E-state index is 6.29. The molecule has 1 fully saturated rings. The van der Waals surface area contributed by atoms with Crippen LogP contribution < -0.4 is 4.90 Å². The summed E-state index contributed by atoms with van der Waals surface area (Å²) in [5, 5.41) is 10.8. The van der Waals surface area contributed by atoms with Crippen molar-refractivity contribution in [2.75, 3.05) is 25.2 Å². The molecule has 5 aromatic rings. The third-order valence-corrected chi connectivity index (χ3v) is 6.91. The highest BCUT2D eigenvalue weighted by molar-refractivity contribution is 7.11. The highest BCUT2D eigenvalue weighted by Gasteiger charge is 2.21. The second kappa shape index (κ2) is 8.98. The van der Waals surface area contributed by atoms with Crippen LogP contribution in [0.3, 0.4) is 0 Å². The number of furan rings is 1. The number of aromatic nitrogens is 3. The molecule has 0 unspecified atom stereocenters. The molecule has 0 bridgehead atoms. The molecular weight excluding hydrogens is 444 g/mol. The van der Waals surface area contributed by atoms with Crippen LogP contribution in [0.5, 0.6) is 0 Å². The Hall–Kier alpha value is -3.60. The summed E-state index contributed by atoms with van der Waals surface area (Å²) < 4.78 is 11.9. The molecule has 1 aliphatic rings. The number of hydrogen-bond donors (Lipinski definition) is 1. The molecule has 0 radical (unpaired) electrons. The number of H-pyrrole nitrogens is 1. The Kier molecular flexibility index (Phi) is 5.54. The second-order valence-electron chi connectivity index (χ2n) is 8.74. The smallest absolute Gasteiger partial charge is 0.181 e. The van der Waals surface area contributed by atoms with Gasteiger partial charge in [-0.05, 0) is 48.6 Å². The van der Waals surface area contributed by atoms with Crippen molar-refractivity contribution in [3.05, 3.63) is 64.6 Å². The molecule has 6 nitrogen and oxygen atoms in total. The minimum Gasteiger partial charge on any atom is -0.452 e. The summed E-state index contributed by atoms with van der Waals surface area (Å²) in [6, 6.07) is 12.4. The van der Waals surface area contributed by atoms with Crippen LogP contribution in [0.15, 0.2) is 58.6 Å². The van der Waals surface area contributed by atoms with Crippen molar-refractivity contribution in [1.82, 2.24) is 15.2 Å². The van der Waals surface area contributed by atoms with E-state index in [0.717, 1.165) is 68.5 Å². The van der Waals surface area contributed by atoms with Gasteiger partial charge in [-0.15, -0.1) is 11.3 Å². The van der Waals surface area contributed by atoms with Gasteiger partial charge in [-0.1, -0.05) is 17.9 Å². The van der Waals surface area contributed by atoms with Crippen molar-refractivity contribution >= 4 is 39.1 Å². The topological polar surface area (TPSA) is 67.2 Å². The maximum Gasteiger partial charge on any atom is 0.181 e. The van der Waals surface area contributed by atoms with Gasteiger partial charge >= 0.3 is 0 Å². The number of rotatable bonds is 7. The average Bonchev–Trinajstić information content (AvgIpc) is 3.24. The average molecular weight is 469 g/mol. The zero-order valence-electron chi connectivity index (χ0n) is 18.9. The number of fused-ring (bicyclic) bond motifs is 3. The molecule has 1 saturated carbocycles. The van der Waals surface area contributed by atoms with Crippen LogP contribution in [0.1, 0.15) is 23.3 Å². The van der Waals surface area contributed by atoms with Gasteiger partial charge in [0.2, 0.25) is 0 Å². The van der Waals surface area contributed by atoms with Crippen LogP contribution in [-0.2, 0) is 11.3 Å². The Morgan fingerprint density at radius 2 is 2.21 bits per heavy atom. The zero-order valence-corrected chi connectivity index (χ0v) is 19.7. The molecule has 6 rings (SSSR count). The fraction of sp³-hybridized carbons (Fsp3) is 0.259. The van der Waals surface area contributed by atoms with Gasteiger partial charge in [0.25, 0.3) is 0 Å². The van der Waals surface area contributed by atoms with Crippen molar-refractivity contribution in [1.29, 1.82) is 0 Å². The van der Waals surface area contributed by atoms with Gasteiger partial charge in [0.05, 0.1) is 11.5 Å². The third-order valence-electron chi connectivity index (χ3n) is 6.06. The number of benzene rings is 1. The third kappa shape index (κ3) is 4.30. The molecule has 1 aromatic carbocycles. The predicted molar refractivity (Wildman–Crippen MR) is 136 cm³/mol. The standard InChI is InChI=1S/C27H24N4O2S/c1-31(15-19-4-2-10-28-14-19)21-8-9-23-24(13-21)33-27-25(29-30-26(23)27)20-12-22(34-17-20)5-3-11-32-16-18-6-7-18/h2,4,8-10,12-14,17-18H,6-7,11,15-16H2,1H3,(H,29,30). The summed E-state index contributed by atoms with van der Waals surface area (Å²) in [6.45, 7) is 2.09. The number of hydrogen-bond acceptors (Lipinski definition) is 6. The lowest BCUT2D eigenvalue weighted by molar-refractivity contribution is 0.156. The maximum absolute atomic E-state index is 6.29. The molecule has 1 aliphatic carbocycles. The van der Waals surface area contributed by atoms with Crippen LogP contribution in [0.2, 0.25) is 0 Å². The normalized spacial score (nSPS) is 13.3. The lowest BCUT2D eigenvalue weighted by Crippen LogP contribution is -2.16. The second-order valence-corrected chi connectivity index (χ2v) is 9.65. The number of ether oxygens (including phenoxy) is 1. The largest absolute Gasteiger partial charge is 0.452 e. The van der Waals surface area contributed by atoms with Gasteiger partial charge in [0.1, 0.15) is 23.4 Å². The molecule has 0 saturated heterocycles. The molecule has 0 aliphatic heterocycles. The van der Waals surface area contributed by atoms with Crippen molar-refractivity contribution in [3.8, 4) is 23.1 Å². The van der Waals surface area contributed by atoms with Crippen molar-refractivity contribution < 1.29 is 9.15 Å². The first-order valence-electron chi connectivity index (χ1n) is 11.4. The lowest BCUT2D eigenvalue weighted by atomic mass is 10.2. The number of thiophene rings is 1. The number of nitrogens with zero attached hydrogens (tertiary/aromatic N) is 3. The first-order valence-corrected chi connectivity index (χ1v) is 12.3. The first kappa shape index (κ1) is 21.0. The Morgan fingerprint density at radius 1 is 1.26 bits per heavy atom. The number of pyridine rings is 1. The molecule has 0 amide bonds. The fourth-order valence-electron chi connectivity index (χ4n) is 4.03. The number of aromatic amines is 1. The van der Waals surface area contributed by atoms with Crippen LogP contribution >= 0.6 is 11.3 Å². The summed E-state index contributed by atoms with van der Waals surface area (Å²) in [7, 11) is 2.07. The van der Waals surface area contributed by atoms with E-state index in [1.54, 1.807) is 17.5 Å². The Balaban J connectivity index is 1.22. The van der Waals surface area contributed by atoms with Gasteiger partial charge in [0, 0.05) is 54.1 Å². The molecule has 34 heavy (non-hydrogen) atoms. The Bertz CT molecular complexity index is 1500. The summed E-state index contributed by atoms with van der Waals surface area (Å²) in [5.74, 6) is 7.08. The van der Waals surface area contributed by atoms with Gasteiger partial charge in [-0.25, -0.2) is 0 Å². The minimum atomic E-state index is 0.484. The molecule has 4 aromatic heterocycles. The summed E-state index contributed by atoms with van der Waals surface area (Å²) in [4.78, 5) is 7.39. The van der Waals surface area contributed by atoms with Crippen LogP contribution in [0.25, 0.3) is 33.3 Å². The van der Waals surface area contributed by atoms with E-state index in [1.165, 1.54) is 12.8 Å². The van der Waals surface area contributed by atoms with Gasteiger partial charge in [-0.2, -0.15) is 5.10 Å². The van der Waals surface area contributed by atoms with Crippen molar-refractivity contribution in [2.45, 2.75) is 19.4 Å². The fourth-order valence-corrected chi connectivity index (χ4v) is 4.79. The summed E-state index contributed by atoms with van der Waals surface area (Å²) in [5.41, 5.74) is 6.58. The molecule has 4 heterocycles. The number of nitrogens with one attached hydrogen (secondary N) is 1. The Labute approximate surface area is 201 Å². The van der Waals surface area contributed by atoms with E-state index in [9.17, 15) is 0 Å². The highest BCUT2D eigenvalue weighted by Crippen LogP contribution is 2.37. The van der Waals surface area contributed by atoms with Crippen molar-refractivity contribution in [3.63, 3.8) is 0 Å². The van der Waals surface area contributed by atoms with E-state index in [-0.39, 0.29) is 0 Å². The summed E-state index contributed by atoms with van der Waals surface area (Å²) >= 11 is 1.61. The molecule has 170 valence electrons. The predicted octanol–water partition coefficient (Wildman–Crippen LogP) is 5.85. The van der Waals surface area contributed by atoms with Gasteiger partial charge in [-0.3, -0.25) is 10.1 Å². The van der Waals surface area contributed by atoms with Crippen LogP contribution in [-0.4, -0.2) is 35.4 Å². The SMILES string of the molecule is CN(Cc1cccnc1)c1ccc2c(c1)oc1c(-c3csc(C#CCOCC4CC4)c3)n[nH]c12. The van der Waals surface area contributed by atoms with E-state index >= 15 is 0 Å². The molecule has 7 heteroatoms. The van der Waals surface area contributed by atoms with Crippen molar-refractivity contribution in [2.24, 2.45) is 5.92 Å². The molecular formula is C27H24N4O2S. The van der Waals surface area contributed by atoms with E-state index < -0.39 is 0 Å². The van der Waals surface area contributed by atoms with E-state index in [1.807, 2.05) is 12.3 Å². The monoisotopic (exact) mass is 468 g/mol.